The van der Waals surface area contributed by atoms with Gasteiger partial charge >= 0.3 is 6.03 Å². The first-order chi connectivity index (χ1) is 8.52. The molecule has 0 saturated carbocycles. The predicted molar refractivity (Wildman–Crippen MR) is 69.9 cm³/mol. The number of rotatable bonds is 5. The van der Waals surface area contributed by atoms with Crippen LogP contribution in [0.3, 0.4) is 0 Å². The number of urea groups is 1. The van der Waals surface area contributed by atoms with Gasteiger partial charge in [-0.15, -0.1) is 0 Å². The van der Waals surface area contributed by atoms with Crippen molar-refractivity contribution in [1.29, 1.82) is 0 Å². The molecule has 1 aromatic carbocycles. The lowest BCUT2D eigenvalue weighted by Crippen LogP contribution is -2.38. The maximum atomic E-state index is 11.6. The number of carbonyl (C=O) groups is 2. The SMILES string of the molecule is COCC(C)NC(=O)Nc1ccc(C(C)=O)cc1. The minimum atomic E-state index is -0.296. The van der Waals surface area contributed by atoms with Crippen LogP contribution in [0.5, 0.6) is 0 Å². The molecule has 0 spiro atoms. The van der Waals surface area contributed by atoms with Gasteiger partial charge in [-0.05, 0) is 38.1 Å². The molecule has 0 aromatic heterocycles. The molecule has 0 aliphatic heterocycles. The van der Waals surface area contributed by atoms with Gasteiger partial charge in [-0.3, -0.25) is 4.79 Å². The van der Waals surface area contributed by atoms with Crippen LogP contribution in [0.2, 0.25) is 0 Å². The minimum absolute atomic E-state index is 0.000261. The zero-order chi connectivity index (χ0) is 13.5. The van der Waals surface area contributed by atoms with Gasteiger partial charge in [0.25, 0.3) is 0 Å². The quantitative estimate of drug-likeness (QED) is 0.786. The summed E-state index contributed by atoms with van der Waals surface area (Å²) in [4.78, 5) is 22.7. The second-order valence-corrected chi connectivity index (χ2v) is 4.09. The highest BCUT2D eigenvalue weighted by Gasteiger charge is 2.07. The van der Waals surface area contributed by atoms with Crippen molar-refractivity contribution in [2.24, 2.45) is 0 Å². The summed E-state index contributed by atoms with van der Waals surface area (Å²) in [6.07, 6.45) is 0. The summed E-state index contributed by atoms with van der Waals surface area (Å²) in [6.45, 7) is 3.81. The topological polar surface area (TPSA) is 67.4 Å². The van der Waals surface area contributed by atoms with Crippen molar-refractivity contribution >= 4 is 17.5 Å². The molecule has 0 radical (unpaired) electrons. The fraction of sp³-hybridized carbons (Fsp3) is 0.385. The molecule has 2 N–H and O–H groups in total. The van der Waals surface area contributed by atoms with Crippen LogP contribution in [0.15, 0.2) is 24.3 Å². The first-order valence-corrected chi connectivity index (χ1v) is 5.70. The Hall–Kier alpha value is -1.88. The number of carbonyl (C=O) groups excluding carboxylic acids is 2. The predicted octanol–water partition coefficient (Wildman–Crippen LogP) is 2.05. The van der Waals surface area contributed by atoms with E-state index in [0.717, 1.165) is 0 Å². The first kappa shape index (κ1) is 14.2. The van der Waals surface area contributed by atoms with E-state index in [1.807, 2.05) is 6.92 Å². The fourth-order valence-corrected chi connectivity index (χ4v) is 1.47. The number of hydrogen-bond donors (Lipinski definition) is 2. The van der Waals surface area contributed by atoms with Crippen LogP contribution in [-0.4, -0.2) is 31.6 Å². The van der Waals surface area contributed by atoms with Crippen LogP contribution in [0.4, 0.5) is 10.5 Å². The average molecular weight is 250 g/mol. The van der Waals surface area contributed by atoms with E-state index in [1.54, 1.807) is 31.4 Å². The van der Waals surface area contributed by atoms with E-state index >= 15 is 0 Å². The van der Waals surface area contributed by atoms with Gasteiger partial charge in [0, 0.05) is 18.4 Å². The molecule has 0 saturated heterocycles. The van der Waals surface area contributed by atoms with E-state index in [0.29, 0.717) is 17.9 Å². The number of Topliss-reactive ketones (excluding diaryl/α,β-unsaturated/α-hetero) is 1. The Morgan fingerprint density at radius 3 is 2.39 bits per heavy atom. The number of benzene rings is 1. The van der Waals surface area contributed by atoms with Gasteiger partial charge in [-0.25, -0.2) is 4.79 Å². The van der Waals surface area contributed by atoms with E-state index in [2.05, 4.69) is 10.6 Å². The Bertz CT molecular complexity index is 415. The Balaban J connectivity index is 2.51. The van der Waals surface area contributed by atoms with Crippen molar-refractivity contribution in [1.82, 2.24) is 5.32 Å². The van der Waals surface area contributed by atoms with E-state index in [9.17, 15) is 9.59 Å². The normalized spacial score (nSPS) is 11.7. The largest absolute Gasteiger partial charge is 0.383 e. The number of methoxy groups -OCH3 is 1. The number of ether oxygens (including phenoxy) is 1. The summed E-state index contributed by atoms with van der Waals surface area (Å²) in [7, 11) is 1.58. The second-order valence-electron chi connectivity index (χ2n) is 4.09. The summed E-state index contributed by atoms with van der Waals surface area (Å²) in [5.41, 5.74) is 1.26. The number of nitrogens with one attached hydrogen (secondary N) is 2. The number of hydrogen-bond acceptors (Lipinski definition) is 3. The highest BCUT2D eigenvalue weighted by atomic mass is 16.5. The van der Waals surface area contributed by atoms with Gasteiger partial charge in [0.2, 0.25) is 0 Å². The van der Waals surface area contributed by atoms with Crippen LogP contribution in [0.25, 0.3) is 0 Å². The lowest BCUT2D eigenvalue weighted by atomic mass is 10.1. The molecule has 2 amide bonds. The molecule has 5 nitrogen and oxygen atoms in total. The summed E-state index contributed by atoms with van der Waals surface area (Å²) in [5.74, 6) is -0.000261. The molecular weight excluding hydrogens is 232 g/mol. The van der Waals surface area contributed by atoms with E-state index in [4.69, 9.17) is 4.74 Å². The summed E-state index contributed by atoms with van der Waals surface area (Å²) < 4.78 is 4.92. The van der Waals surface area contributed by atoms with Crippen LogP contribution in [0, 0.1) is 0 Å². The third-order valence-electron chi connectivity index (χ3n) is 2.34. The van der Waals surface area contributed by atoms with Crippen molar-refractivity contribution in [3.05, 3.63) is 29.8 Å². The smallest absolute Gasteiger partial charge is 0.319 e. The number of amides is 2. The van der Waals surface area contributed by atoms with Gasteiger partial charge in [0.05, 0.1) is 12.6 Å². The monoisotopic (exact) mass is 250 g/mol. The van der Waals surface area contributed by atoms with E-state index in [-0.39, 0.29) is 17.9 Å². The lowest BCUT2D eigenvalue weighted by Gasteiger charge is -2.13. The maximum absolute atomic E-state index is 11.6. The van der Waals surface area contributed by atoms with Crippen molar-refractivity contribution in [2.75, 3.05) is 19.0 Å². The molecule has 5 heteroatoms. The Kier molecular flexibility index (Phi) is 5.32. The molecule has 0 bridgehead atoms. The lowest BCUT2D eigenvalue weighted by molar-refractivity contribution is 0.101. The van der Waals surface area contributed by atoms with Crippen molar-refractivity contribution in [3.63, 3.8) is 0 Å². The molecule has 0 fully saturated rings. The summed E-state index contributed by atoms with van der Waals surface area (Å²) in [6, 6.07) is 6.38. The van der Waals surface area contributed by atoms with Gasteiger partial charge < -0.3 is 15.4 Å². The van der Waals surface area contributed by atoms with Crippen LogP contribution in [0.1, 0.15) is 24.2 Å². The molecule has 0 heterocycles. The number of anilines is 1. The molecule has 1 aromatic rings. The molecule has 0 aliphatic rings. The number of ketones is 1. The first-order valence-electron chi connectivity index (χ1n) is 5.70. The third kappa shape index (κ3) is 4.55. The van der Waals surface area contributed by atoms with E-state index in [1.165, 1.54) is 6.92 Å². The maximum Gasteiger partial charge on any atom is 0.319 e. The van der Waals surface area contributed by atoms with Crippen molar-refractivity contribution in [3.8, 4) is 0 Å². The van der Waals surface area contributed by atoms with E-state index < -0.39 is 0 Å². The minimum Gasteiger partial charge on any atom is -0.383 e. The van der Waals surface area contributed by atoms with Gasteiger partial charge in [0.15, 0.2) is 5.78 Å². The van der Waals surface area contributed by atoms with Gasteiger partial charge in [0.1, 0.15) is 0 Å². The zero-order valence-corrected chi connectivity index (χ0v) is 10.8. The molecule has 18 heavy (non-hydrogen) atoms. The standard InChI is InChI=1S/C13H18N2O3/c1-9(8-18-3)14-13(17)15-12-6-4-11(5-7-12)10(2)16/h4-7,9H,8H2,1-3H3,(H2,14,15,17). The fourth-order valence-electron chi connectivity index (χ4n) is 1.47. The molecule has 1 atom stereocenters. The highest BCUT2D eigenvalue weighted by Crippen LogP contribution is 2.09. The van der Waals surface area contributed by atoms with Crippen molar-refractivity contribution in [2.45, 2.75) is 19.9 Å². The highest BCUT2D eigenvalue weighted by molar-refractivity contribution is 5.95. The van der Waals surface area contributed by atoms with Crippen LogP contribution < -0.4 is 10.6 Å². The third-order valence-corrected chi connectivity index (χ3v) is 2.34. The van der Waals surface area contributed by atoms with Gasteiger partial charge in [-0.1, -0.05) is 0 Å². The van der Waals surface area contributed by atoms with Crippen LogP contribution in [-0.2, 0) is 4.74 Å². The molecule has 0 aliphatic carbocycles. The Labute approximate surface area is 107 Å². The average Bonchev–Trinajstić information content (AvgIpc) is 2.29. The molecular formula is C13H18N2O3. The molecule has 1 rings (SSSR count). The Morgan fingerprint density at radius 1 is 1.28 bits per heavy atom. The summed E-state index contributed by atoms with van der Waals surface area (Å²) in [5, 5.41) is 5.41. The zero-order valence-electron chi connectivity index (χ0n) is 10.8. The Morgan fingerprint density at radius 2 is 1.89 bits per heavy atom. The van der Waals surface area contributed by atoms with Gasteiger partial charge in [-0.2, -0.15) is 0 Å². The van der Waals surface area contributed by atoms with Crippen LogP contribution >= 0.6 is 0 Å². The molecule has 98 valence electrons. The summed E-state index contributed by atoms with van der Waals surface area (Å²) >= 11 is 0. The van der Waals surface area contributed by atoms with Crippen molar-refractivity contribution < 1.29 is 14.3 Å². The second kappa shape index (κ2) is 6.76. The molecule has 1 unspecified atom stereocenters.